The fourth-order valence-corrected chi connectivity index (χ4v) is 2.43. The van der Waals surface area contributed by atoms with Crippen molar-refractivity contribution in [1.29, 1.82) is 5.26 Å². The molecule has 90 valence electrons. The number of nitrogens with one attached hydrogen (secondary N) is 1. The minimum absolute atomic E-state index is 0.320. The Morgan fingerprint density at radius 3 is 2.94 bits per heavy atom. The van der Waals surface area contributed by atoms with Crippen LogP contribution in [0, 0.1) is 18.3 Å². The van der Waals surface area contributed by atoms with Gasteiger partial charge in [-0.1, -0.05) is 6.07 Å². The number of nitriles is 1. The summed E-state index contributed by atoms with van der Waals surface area (Å²) in [5, 5.41) is 12.4. The molecule has 2 rings (SSSR count). The van der Waals surface area contributed by atoms with Crippen molar-refractivity contribution in [2.45, 2.75) is 44.7 Å². The zero-order chi connectivity index (χ0) is 12.3. The van der Waals surface area contributed by atoms with Crippen molar-refractivity contribution in [2.24, 2.45) is 5.73 Å². The van der Waals surface area contributed by atoms with Gasteiger partial charge >= 0.3 is 0 Å². The van der Waals surface area contributed by atoms with Crippen LogP contribution in [0.2, 0.25) is 0 Å². The lowest BCUT2D eigenvalue weighted by atomic mass is 9.91. The Hall–Kier alpha value is -1.53. The van der Waals surface area contributed by atoms with Gasteiger partial charge < -0.3 is 11.1 Å². The van der Waals surface area contributed by atoms with Crippen LogP contribution in [-0.2, 0) is 0 Å². The molecule has 1 aromatic carbocycles. The van der Waals surface area contributed by atoms with Gasteiger partial charge in [0, 0.05) is 17.8 Å². The second-order valence-corrected chi connectivity index (χ2v) is 4.91. The molecule has 2 atom stereocenters. The first kappa shape index (κ1) is 11.9. The van der Waals surface area contributed by atoms with Gasteiger partial charge in [0.25, 0.3) is 0 Å². The zero-order valence-electron chi connectivity index (χ0n) is 10.2. The summed E-state index contributed by atoms with van der Waals surface area (Å²) in [6, 6.07) is 8.72. The third-order valence-corrected chi connectivity index (χ3v) is 3.44. The lowest BCUT2D eigenvalue weighted by molar-refractivity contribution is 0.409. The van der Waals surface area contributed by atoms with Crippen LogP contribution >= 0.6 is 0 Å². The number of benzene rings is 1. The largest absolute Gasteiger partial charge is 0.382 e. The summed E-state index contributed by atoms with van der Waals surface area (Å²) in [6.07, 6.45) is 4.52. The van der Waals surface area contributed by atoms with Gasteiger partial charge in [0.15, 0.2) is 0 Å². The average Bonchev–Trinajstić information content (AvgIpc) is 2.32. The fraction of sp³-hybridized carbons (Fsp3) is 0.500. The van der Waals surface area contributed by atoms with Crippen molar-refractivity contribution in [2.75, 3.05) is 5.32 Å². The minimum atomic E-state index is 0.320. The van der Waals surface area contributed by atoms with Gasteiger partial charge in [-0.05, 0) is 50.3 Å². The predicted octanol–water partition coefficient (Wildman–Crippen LogP) is 2.55. The first-order chi connectivity index (χ1) is 8.19. The Morgan fingerprint density at radius 2 is 2.24 bits per heavy atom. The molecule has 0 aliphatic heterocycles. The van der Waals surface area contributed by atoms with Crippen LogP contribution in [-0.4, -0.2) is 12.1 Å². The topological polar surface area (TPSA) is 61.8 Å². The number of anilines is 1. The Bertz CT molecular complexity index is 434. The van der Waals surface area contributed by atoms with Crippen molar-refractivity contribution >= 4 is 5.69 Å². The molecule has 17 heavy (non-hydrogen) atoms. The molecule has 0 radical (unpaired) electrons. The lowest BCUT2D eigenvalue weighted by Crippen LogP contribution is -2.35. The molecule has 1 fully saturated rings. The van der Waals surface area contributed by atoms with E-state index in [2.05, 4.69) is 18.3 Å². The molecule has 3 N–H and O–H groups in total. The van der Waals surface area contributed by atoms with Crippen LogP contribution in [0.1, 0.15) is 36.8 Å². The van der Waals surface area contributed by atoms with E-state index in [1.165, 1.54) is 18.4 Å². The summed E-state index contributed by atoms with van der Waals surface area (Å²) in [4.78, 5) is 0. The molecule has 0 amide bonds. The number of hydrogen-bond acceptors (Lipinski definition) is 3. The van der Waals surface area contributed by atoms with E-state index in [-0.39, 0.29) is 0 Å². The van der Waals surface area contributed by atoms with E-state index in [0.717, 1.165) is 18.5 Å². The highest BCUT2D eigenvalue weighted by atomic mass is 14.9. The van der Waals surface area contributed by atoms with Gasteiger partial charge in [-0.2, -0.15) is 5.26 Å². The van der Waals surface area contributed by atoms with Gasteiger partial charge in [-0.3, -0.25) is 0 Å². The standard InChI is InChI=1S/C14H19N3/c1-10-5-6-11(9-15)7-14(10)17-13-4-2-3-12(16)8-13/h5-7,12-13,17H,2-4,8,16H2,1H3. The van der Waals surface area contributed by atoms with Gasteiger partial charge in [0.1, 0.15) is 0 Å². The quantitative estimate of drug-likeness (QED) is 0.819. The highest BCUT2D eigenvalue weighted by Crippen LogP contribution is 2.23. The second kappa shape index (κ2) is 5.20. The SMILES string of the molecule is Cc1ccc(C#N)cc1NC1CCCC(N)C1. The van der Waals surface area contributed by atoms with E-state index < -0.39 is 0 Å². The molecular weight excluding hydrogens is 210 g/mol. The summed E-state index contributed by atoms with van der Waals surface area (Å²) in [5.41, 5.74) is 8.94. The molecule has 2 unspecified atom stereocenters. The zero-order valence-corrected chi connectivity index (χ0v) is 10.2. The van der Waals surface area contributed by atoms with E-state index >= 15 is 0 Å². The van der Waals surface area contributed by atoms with Gasteiger partial charge in [0.2, 0.25) is 0 Å². The highest BCUT2D eigenvalue weighted by molar-refractivity contribution is 5.55. The molecule has 1 aromatic rings. The van der Waals surface area contributed by atoms with E-state index in [9.17, 15) is 0 Å². The molecular formula is C14H19N3. The van der Waals surface area contributed by atoms with Gasteiger partial charge in [0.05, 0.1) is 11.6 Å². The normalized spacial score (nSPS) is 24.1. The van der Waals surface area contributed by atoms with E-state index in [1.54, 1.807) is 0 Å². The lowest BCUT2D eigenvalue weighted by Gasteiger charge is -2.28. The van der Waals surface area contributed by atoms with Crippen molar-refractivity contribution in [3.63, 3.8) is 0 Å². The molecule has 0 bridgehead atoms. The molecule has 0 aromatic heterocycles. The maximum Gasteiger partial charge on any atom is 0.0992 e. The van der Waals surface area contributed by atoms with Crippen LogP contribution in [0.4, 0.5) is 5.69 Å². The van der Waals surface area contributed by atoms with Crippen LogP contribution < -0.4 is 11.1 Å². The highest BCUT2D eigenvalue weighted by Gasteiger charge is 2.19. The smallest absolute Gasteiger partial charge is 0.0992 e. The molecule has 3 heteroatoms. The molecule has 1 aliphatic rings. The monoisotopic (exact) mass is 229 g/mol. The number of aryl methyl sites for hydroxylation is 1. The Balaban J connectivity index is 2.10. The average molecular weight is 229 g/mol. The van der Waals surface area contributed by atoms with E-state index in [0.29, 0.717) is 17.6 Å². The summed E-state index contributed by atoms with van der Waals surface area (Å²) < 4.78 is 0. The number of hydrogen-bond donors (Lipinski definition) is 2. The van der Waals surface area contributed by atoms with Crippen molar-refractivity contribution in [1.82, 2.24) is 0 Å². The molecule has 0 heterocycles. The summed E-state index contributed by atoms with van der Waals surface area (Å²) in [5.74, 6) is 0. The molecule has 1 saturated carbocycles. The predicted molar refractivity (Wildman–Crippen MR) is 69.7 cm³/mol. The first-order valence-electron chi connectivity index (χ1n) is 6.22. The summed E-state index contributed by atoms with van der Waals surface area (Å²) >= 11 is 0. The minimum Gasteiger partial charge on any atom is -0.382 e. The van der Waals surface area contributed by atoms with E-state index in [4.69, 9.17) is 11.0 Å². The van der Waals surface area contributed by atoms with Crippen LogP contribution in [0.3, 0.4) is 0 Å². The van der Waals surface area contributed by atoms with Crippen molar-refractivity contribution < 1.29 is 0 Å². The fourth-order valence-electron chi connectivity index (χ4n) is 2.43. The molecule has 0 saturated heterocycles. The maximum atomic E-state index is 8.90. The summed E-state index contributed by atoms with van der Waals surface area (Å²) in [6.45, 7) is 2.06. The number of nitrogens with zero attached hydrogens (tertiary/aromatic N) is 1. The number of rotatable bonds is 2. The van der Waals surface area contributed by atoms with Gasteiger partial charge in [-0.25, -0.2) is 0 Å². The number of nitrogens with two attached hydrogens (primary N) is 1. The van der Waals surface area contributed by atoms with Crippen LogP contribution in [0.15, 0.2) is 18.2 Å². The molecule has 1 aliphatic carbocycles. The van der Waals surface area contributed by atoms with Crippen molar-refractivity contribution in [3.05, 3.63) is 29.3 Å². The third-order valence-electron chi connectivity index (χ3n) is 3.44. The maximum absolute atomic E-state index is 8.90. The van der Waals surface area contributed by atoms with Gasteiger partial charge in [-0.15, -0.1) is 0 Å². The summed E-state index contributed by atoms with van der Waals surface area (Å²) in [7, 11) is 0. The third kappa shape index (κ3) is 2.98. The Morgan fingerprint density at radius 1 is 1.41 bits per heavy atom. The molecule has 3 nitrogen and oxygen atoms in total. The Labute approximate surface area is 103 Å². The molecule has 0 spiro atoms. The van der Waals surface area contributed by atoms with Crippen LogP contribution in [0.25, 0.3) is 0 Å². The second-order valence-electron chi connectivity index (χ2n) is 4.91. The van der Waals surface area contributed by atoms with E-state index in [1.807, 2.05) is 18.2 Å². The first-order valence-corrected chi connectivity index (χ1v) is 6.22. The van der Waals surface area contributed by atoms with Crippen molar-refractivity contribution in [3.8, 4) is 6.07 Å². The van der Waals surface area contributed by atoms with Crippen LogP contribution in [0.5, 0.6) is 0 Å². The Kier molecular flexibility index (Phi) is 3.65.